The van der Waals surface area contributed by atoms with Crippen molar-refractivity contribution in [3.63, 3.8) is 0 Å². The summed E-state index contributed by atoms with van der Waals surface area (Å²) in [6.07, 6.45) is 2.88. The van der Waals surface area contributed by atoms with Crippen LogP contribution in [0.2, 0.25) is 0 Å². The van der Waals surface area contributed by atoms with E-state index in [9.17, 15) is 9.59 Å². The van der Waals surface area contributed by atoms with E-state index >= 15 is 0 Å². The molecule has 4 rings (SSSR count). The lowest BCUT2D eigenvalue weighted by molar-refractivity contribution is -0.124. The lowest BCUT2D eigenvalue weighted by Gasteiger charge is -2.14. The number of anilines is 4. The smallest absolute Gasteiger partial charge is 0.293 e. The zero-order valence-corrected chi connectivity index (χ0v) is 17.5. The Kier molecular flexibility index (Phi) is 5.73. The monoisotopic (exact) mass is 419 g/mol. The minimum absolute atomic E-state index is 0.164. The first-order valence-electron chi connectivity index (χ1n) is 10.1. The van der Waals surface area contributed by atoms with Crippen molar-refractivity contribution in [1.82, 2.24) is 9.55 Å². The molecule has 2 aromatic carbocycles. The molecule has 1 atom stereocenters. The number of ether oxygens (including phenoxy) is 1. The quantitative estimate of drug-likeness (QED) is 0.548. The van der Waals surface area contributed by atoms with Crippen molar-refractivity contribution < 1.29 is 9.53 Å². The van der Waals surface area contributed by atoms with Crippen LogP contribution >= 0.6 is 0 Å². The van der Waals surface area contributed by atoms with E-state index in [1.54, 1.807) is 37.5 Å². The van der Waals surface area contributed by atoms with E-state index in [1.165, 1.54) is 4.57 Å². The fraction of sp³-hybridized carbons (Fsp3) is 0.261. The summed E-state index contributed by atoms with van der Waals surface area (Å²) in [7, 11) is 1.68. The topological polar surface area (TPSA) is 111 Å². The maximum Gasteiger partial charge on any atom is 0.293 e. The largest absolute Gasteiger partial charge is 0.398 e. The summed E-state index contributed by atoms with van der Waals surface area (Å²) >= 11 is 0. The number of nitrogen functional groups attached to an aromatic ring is 1. The van der Waals surface area contributed by atoms with Gasteiger partial charge in [0.25, 0.3) is 11.5 Å². The van der Waals surface area contributed by atoms with E-state index in [2.05, 4.69) is 15.6 Å². The SMILES string of the molecule is Cc1c(N)cccc1-c1cn(C)c(=O)c(Nc2cccc(NC(=O)[C@@H]3CCCO3)c2)n1. The van der Waals surface area contributed by atoms with Gasteiger partial charge in [-0.25, -0.2) is 4.98 Å². The van der Waals surface area contributed by atoms with Crippen molar-refractivity contribution in [2.75, 3.05) is 23.0 Å². The predicted molar refractivity (Wildman–Crippen MR) is 121 cm³/mol. The number of hydrogen-bond donors (Lipinski definition) is 3. The second kappa shape index (κ2) is 8.61. The van der Waals surface area contributed by atoms with Crippen molar-refractivity contribution in [2.45, 2.75) is 25.9 Å². The molecule has 0 radical (unpaired) electrons. The molecule has 0 aliphatic carbocycles. The Bertz CT molecular complexity index is 1180. The highest BCUT2D eigenvalue weighted by Gasteiger charge is 2.23. The highest BCUT2D eigenvalue weighted by Crippen LogP contribution is 2.26. The number of nitrogens with one attached hydrogen (secondary N) is 2. The molecule has 1 aliphatic rings. The molecule has 2 heterocycles. The third-order valence-electron chi connectivity index (χ3n) is 5.34. The molecule has 0 saturated carbocycles. The zero-order valence-electron chi connectivity index (χ0n) is 17.5. The third kappa shape index (κ3) is 4.44. The average Bonchev–Trinajstić information content (AvgIpc) is 3.29. The predicted octanol–water partition coefficient (Wildman–Crippen LogP) is 3.20. The maximum absolute atomic E-state index is 12.7. The first-order valence-corrected chi connectivity index (χ1v) is 10.1. The summed E-state index contributed by atoms with van der Waals surface area (Å²) in [6.45, 7) is 2.53. The summed E-state index contributed by atoms with van der Waals surface area (Å²) in [5.41, 5.74) is 10.1. The standard InChI is InChI=1S/C23H25N5O3/c1-14-17(8-4-9-18(14)24)19-13-28(2)23(30)21(27-19)25-15-6-3-7-16(12-15)26-22(29)20-10-5-11-31-20/h3-4,6-9,12-13,20H,5,10-11,24H2,1-2H3,(H,25,27)(H,26,29)/t20-/m0/s1. The van der Waals surface area contributed by atoms with Gasteiger partial charge in [0.05, 0.1) is 5.69 Å². The highest BCUT2D eigenvalue weighted by molar-refractivity contribution is 5.94. The van der Waals surface area contributed by atoms with Crippen LogP contribution in [-0.2, 0) is 16.6 Å². The summed E-state index contributed by atoms with van der Waals surface area (Å²) < 4.78 is 6.91. The molecule has 3 aromatic rings. The van der Waals surface area contributed by atoms with Gasteiger partial charge in [0, 0.05) is 42.5 Å². The van der Waals surface area contributed by atoms with E-state index in [0.717, 1.165) is 24.0 Å². The Hall–Kier alpha value is -3.65. The number of aryl methyl sites for hydroxylation is 1. The number of amides is 1. The molecule has 31 heavy (non-hydrogen) atoms. The maximum atomic E-state index is 12.7. The molecule has 1 fully saturated rings. The van der Waals surface area contributed by atoms with Crippen LogP contribution in [0.1, 0.15) is 18.4 Å². The number of nitrogens with zero attached hydrogens (tertiary/aromatic N) is 2. The molecular weight excluding hydrogens is 394 g/mol. The van der Waals surface area contributed by atoms with Gasteiger partial charge in [-0.05, 0) is 49.6 Å². The Morgan fingerprint density at radius 3 is 2.77 bits per heavy atom. The van der Waals surface area contributed by atoms with Gasteiger partial charge in [0.2, 0.25) is 0 Å². The van der Waals surface area contributed by atoms with Crippen LogP contribution in [0.3, 0.4) is 0 Å². The molecule has 0 spiro atoms. The number of carbonyl (C=O) groups excluding carboxylic acids is 1. The summed E-state index contributed by atoms with van der Waals surface area (Å²) in [5.74, 6) is 0.0206. The van der Waals surface area contributed by atoms with Crippen LogP contribution in [-0.4, -0.2) is 28.2 Å². The Morgan fingerprint density at radius 2 is 2.00 bits per heavy atom. The molecule has 8 heteroatoms. The fourth-order valence-electron chi connectivity index (χ4n) is 3.57. The van der Waals surface area contributed by atoms with Crippen LogP contribution in [0, 0.1) is 6.92 Å². The molecule has 1 aromatic heterocycles. The van der Waals surface area contributed by atoms with Gasteiger partial charge in [0.1, 0.15) is 6.10 Å². The molecule has 4 N–H and O–H groups in total. The summed E-state index contributed by atoms with van der Waals surface area (Å²) in [4.78, 5) is 29.5. The van der Waals surface area contributed by atoms with Gasteiger partial charge < -0.3 is 25.7 Å². The Labute approximate surface area is 180 Å². The number of nitrogens with two attached hydrogens (primary N) is 1. The number of benzene rings is 2. The Balaban J connectivity index is 1.60. The normalized spacial score (nSPS) is 15.6. The molecule has 0 unspecified atom stereocenters. The lowest BCUT2D eigenvalue weighted by Crippen LogP contribution is -2.26. The molecule has 0 bridgehead atoms. The van der Waals surface area contributed by atoms with E-state index in [4.69, 9.17) is 10.5 Å². The van der Waals surface area contributed by atoms with Crippen molar-refractivity contribution in [1.29, 1.82) is 0 Å². The van der Waals surface area contributed by atoms with Crippen molar-refractivity contribution >= 4 is 28.8 Å². The summed E-state index contributed by atoms with van der Waals surface area (Å²) in [5, 5.41) is 5.95. The highest BCUT2D eigenvalue weighted by atomic mass is 16.5. The second-order valence-electron chi connectivity index (χ2n) is 7.61. The molecule has 8 nitrogen and oxygen atoms in total. The van der Waals surface area contributed by atoms with E-state index in [1.807, 2.05) is 25.1 Å². The molecular formula is C23H25N5O3. The van der Waals surface area contributed by atoms with Gasteiger partial charge in [-0.15, -0.1) is 0 Å². The first kappa shape index (κ1) is 20.6. The van der Waals surface area contributed by atoms with E-state index in [0.29, 0.717) is 29.4 Å². The van der Waals surface area contributed by atoms with Gasteiger partial charge >= 0.3 is 0 Å². The van der Waals surface area contributed by atoms with Gasteiger partial charge in [-0.3, -0.25) is 9.59 Å². The lowest BCUT2D eigenvalue weighted by atomic mass is 10.0. The van der Waals surface area contributed by atoms with Crippen LogP contribution < -0.4 is 21.9 Å². The third-order valence-corrected chi connectivity index (χ3v) is 5.34. The van der Waals surface area contributed by atoms with Crippen LogP contribution in [0.4, 0.5) is 22.9 Å². The van der Waals surface area contributed by atoms with E-state index < -0.39 is 6.10 Å². The molecule has 1 saturated heterocycles. The zero-order chi connectivity index (χ0) is 22.0. The van der Waals surface area contributed by atoms with Crippen molar-refractivity contribution in [3.8, 4) is 11.3 Å². The second-order valence-corrected chi connectivity index (χ2v) is 7.61. The van der Waals surface area contributed by atoms with Gasteiger partial charge in [0.15, 0.2) is 5.82 Å². The van der Waals surface area contributed by atoms with Crippen molar-refractivity contribution in [2.24, 2.45) is 7.05 Å². The van der Waals surface area contributed by atoms with Gasteiger partial charge in [-0.1, -0.05) is 18.2 Å². The van der Waals surface area contributed by atoms with E-state index in [-0.39, 0.29) is 17.3 Å². The van der Waals surface area contributed by atoms with Crippen LogP contribution in [0.15, 0.2) is 53.5 Å². The van der Waals surface area contributed by atoms with Crippen LogP contribution in [0.25, 0.3) is 11.3 Å². The number of rotatable bonds is 5. The minimum Gasteiger partial charge on any atom is -0.398 e. The molecule has 1 amide bonds. The molecule has 160 valence electrons. The fourth-order valence-corrected chi connectivity index (χ4v) is 3.57. The number of aromatic nitrogens is 2. The Morgan fingerprint density at radius 1 is 1.23 bits per heavy atom. The summed E-state index contributed by atoms with van der Waals surface area (Å²) in [6, 6.07) is 12.8. The minimum atomic E-state index is -0.413. The average molecular weight is 419 g/mol. The number of hydrogen-bond acceptors (Lipinski definition) is 6. The first-order chi connectivity index (χ1) is 14.9. The van der Waals surface area contributed by atoms with Crippen molar-refractivity contribution in [3.05, 3.63) is 64.6 Å². The number of carbonyl (C=O) groups is 1. The van der Waals surface area contributed by atoms with Crippen LogP contribution in [0.5, 0.6) is 0 Å². The van der Waals surface area contributed by atoms with Gasteiger partial charge in [-0.2, -0.15) is 0 Å². The molecule has 1 aliphatic heterocycles.